The molecule has 0 unspecified atom stereocenters. The number of amides is 1. The SMILES string of the molecule is Cc1ccc(NC(=O)Cc2csc(SCC(=O)c3cccs3)n2)cc1. The van der Waals surface area contributed by atoms with Crippen LogP contribution in [0, 0.1) is 6.92 Å². The molecule has 4 nitrogen and oxygen atoms in total. The molecule has 0 fully saturated rings. The lowest BCUT2D eigenvalue weighted by Crippen LogP contribution is -2.14. The third-order valence-electron chi connectivity index (χ3n) is 3.33. The first-order valence-electron chi connectivity index (χ1n) is 7.60. The summed E-state index contributed by atoms with van der Waals surface area (Å²) in [4.78, 5) is 29.3. The van der Waals surface area contributed by atoms with E-state index in [1.54, 1.807) is 0 Å². The Kier molecular flexibility index (Phi) is 6.01. The number of nitrogens with one attached hydrogen (secondary N) is 1. The maximum atomic E-state index is 12.1. The fraction of sp³-hybridized carbons (Fsp3) is 0.167. The molecule has 1 N–H and O–H groups in total. The van der Waals surface area contributed by atoms with Gasteiger partial charge in [0.15, 0.2) is 10.1 Å². The molecule has 0 spiro atoms. The molecule has 0 bridgehead atoms. The maximum Gasteiger partial charge on any atom is 0.230 e. The molecule has 25 heavy (non-hydrogen) atoms. The van der Waals surface area contributed by atoms with Gasteiger partial charge in [-0.2, -0.15) is 0 Å². The van der Waals surface area contributed by atoms with E-state index in [1.807, 2.05) is 54.1 Å². The van der Waals surface area contributed by atoms with Gasteiger partial charge in [-0.25, -0.2) is 4.98 Å². The molecule has 2 heterocycles. The van der Waals surface area contributed by atoms with Crippen LogP contribution in [0.25, 0.3) is 0 Å². The number of thiophene rings is 1. The van der Waals surface area contributed by atoms with Gasteiger partial charge in [-0.1, -0.05) is 35.5 Å². The zero-order valence-electron chi connectivity index (χ0n) is 13.5. The van der Waals surface area contributed by atoms with Crippen molar-refractivity contribution < 1.29 is 9.59 Å². The van der Waals surface area contributed by atoms with Gasteiger partial charge in [0.25, 0.3) is 0 Å². The largest absolute Gasteiger partial charge is 0.326 e. The van der Waals surface area contributed by atoms with Crippen molar-refractivity contribution in [1.29, 1.82) is 0 Å². The van der Waals surface area contributed by atoms with E-state index in [0.29, 0.717) is 5.75 Å². The van der Waals surface area contributed by atoms with Crippen LogP contribution in [0.2, 0.25) is 0 Å². The number of hydrogen-bond acceptors (Lipinski definition) is 6. The molecule has 2 aromatic heterocycles. The van der Waals surface area contributed by atoms with E-state index in [2.05, 4.69) is 10.3 Å². The van der Waals surface area contributed by atoms with Crippen molar-refractivity contribution in [3.8, 4) is 0 Å². The van der Waals surface area contributed by atoms with Crippen molar-refractivity contribution in [1.82, 2.24) is 4.98 Å². The quantitative estimate of drug-likeness (QED) is 0.472. The second kappa shape index (κ2) is 8.42. The summed E-state index contributed by atoms with van der Waals surface area (Å²) in [6, 6.07) is 11.4. The molecular weight excluding hydrogens is 372 g/mol. The van der Waals surface area contributed by atoms with E-state index in [1.165, 1.54) is 34.4 Å². The molecule has 1 amide bonds. The third-order valence-corrected chi connectivity index (χ3v) is 6.31. The molecule has 3 rings (SSSR count). The van der Waals surface area contributed by atoms with Gasteiger partial charge in [0.1, 0.15) is 0 Å². The number of benzene rings is 1. The molecule has 3 aromatic rings. The summed E-state index contributed by atoms with van der Waals surface area (Å²) in [7, 11) is 0. The van der Waals surface area contributed by atoms with Crippen LogP contribution in [0.15, 0.2) is 51.5 Å². The lowest BCUT2D eigenvalue weighted by Gasteiger charge is -2.04. The number of nitrogens with zero attached hydrogens (tertiary/aromatic N) is 1. The topological polar surface area (TPSA) is 59.1 Å². The predicted octanol–water partition coefficient (Wildman–Crippen LogP) is 4.67. The van der Waals surface area contributed by atoms with E-state index in [9.17, 15) is 9.59 Å². The summed E-state index contributed by atoms with van der Waals surface area (Å²) in [5.74, 6) is 0.373. The van der Waals surface area contributed by atoms with Crippen LogP contribution in [0.4, 0.5) is 5.69 Å². The van der Waals surface area contributed by atoms with Gasteiger partial charge >= 0.3 is 0 Å². The fourth-order valence-corrected chi connectivity index (χ4v) is 4.56. The highest BCUT2D eigenvalue weighted by molar-refractivity contribution is 8.01. The highest BCUT2D eigenvalue weighted by atomic mass is 32.2. The average molecular weight is 389 g/mol. The van der Waals surface area contributed by atoms with Gasteiger partial charge in [-0.15, -0.1) is 22.7 Å². The first-order chi connectivity index (χ1) is 12.1. The Morgan fingerprint density at radius 2 is 1.96 bits per heavy atom. The lowest BCUT2D eigenvalue weighted by atomic mass is 10.2. The highest BCUT2D eigenvalue weighted by Crippen LogP contribution is 2.24. The van der Waals surface area contributed by atoms with Gasteiger partial charge in [0.2, 0.25) is 5.91 Å². The lowest BCUT2D eigenvalue weighted by molar-refractivity contribution is -0.115. The summed E-state index contributed by atoms with van der Waals surface area (Å²) < 4.78 is 0.808. The predicted molar refractivity (Wildman–Crippen MR) is 105 cm³/mol. The minimum absolute atomic E-state index is 0.0969. The van der Waals surface area contributed by atoms with Crippen molar-refractivity contribution in [2.45, 2.75) is 17.7 Å². The van der Waals surface area contributed by atoms with Gasteiger partial charge in [0, 0.05) is 11.1 Å². The number of thioether (sulfide) groups is 1. The van der Waals surface area contributed by atoms with Crippen LogP contribution < -0.4 is 5.32 Å². The molecule has 128 valence electrons. The van der Waals surface area contributed by atoms with Crippen molar-refractivity contribution >= 4 is 51.8 Å². The number of rotatable bonds is 7. The van der Waals surface area contributed by atoms with Gasteiger partial charge in [-0.05, 0) is 30.5 Å². The molecule has 0 aliphatic heterocycles. The summed E-state index contributed by atoms with van der Waals surface area (Å²) in [5, 5.41) is 6.62. The Morgan fingerprint density at radius 1 is 1.16 bits per heavy atom. The van der Waals surface area contributed by atoms with Gasteiger partial charge in [-0.3, -0.25) is 9.59 Å². The minimum atomic E-state index is -0.0969. The minimum Gasteiger partial charge on any atom is -0.326 e. The van der Waals surface area contributed by atoms with Crippen molar-refractivity contribution in [3.05, 3.63) is 63.3 Å². The first kappa shape index (κ1) is 17.8. The molecule has 0 aliphatic rings. The molecule has 1 aromatic carbocycles. The van der Waals surface area contributed by atoms with Crippen LogP contribution in [-0.4, -0.2) is 22.4 Å². The molecule has 0 saturated carbocycles. The Bertz CT molecular complexity index is 855. The van der Waals surface area contributed by atoms with Gasteiger partial charge in [0.05, 0.1) is 22.7 Å². The van der Waals surface area contributed by atoms with Crippen LogP contribution >= 0.6 is 34.4 Å². The monoisotopic (exact) mass is 388 g/mol. The Morgan fingerprint density at radius 3 is 2.68 bits per heavy atom. The van der Waals surface area contributed by atoms with E-state index in [0.717, 1.165) is 26.2 Å². The van der Waals surface area contributed by atoms with Gasteiger partial charge < -0.3 is 5.32 Å². The van der Waals surface area contributed by atoms with E-state index >= 15 is 0 Å². The maximum absolute atomic E-state index is 12.1. The number of aromatic nitrogens is 1. The average Bonchev–Trinajstić information content (AvgIpc) is 3.26. The van der Waals surface area contributed by atoms with Crippen LogP contribution in [0.1, 0.15) is 20.9 Å². The highest BCUT2D eigenvalue weighted by Gasteiger charge is 2.11. The van der Waals surface area contributed by atoms with Crippen molar-refractivity contribution in [3.63, 3.8) is 0 Å². The summed E-state index contributed by atoms with van der Waals surface area (Å²) in [6.45, 7) is 2.00. The van der Waals surface area contributed by atoms with E-state index in [4.69, 9.17) is 0 Å². The van der Waals surface area contributed by atoms with E-state index in [-0.39, 0.29) is 18.1 Å². The normalized spacial score (nSPS) is 10.6. The zero-order valence-corrected chi connectivity index (χ0v) is 16.0. The summed E-state index contributed by atoms with van der Waals surface area (Å²) in [6.07, 6.45) is 0.226. The third kappa shape index (κ3) is 5.26. The summed E-state index contributed by atoms with van der Waals surface area (Å²) >= 11 is 4.32. The van der Waals surface area contributed by atoms with Crippen LogP contribution in [0.3, 0.4) is 0 Å². The number of Topliss-reactive ketones (excluding diaryl/α,β-unsaturated/α-hetero) is 1. The number of aryl methyl sites for hydroxylation is 1. The number of hydrogen-bond donors (Lipinski definition) is 1. The number of ketones is 1. The molecule has 0 radical (unpaired) electrons. The number of carbonyl (C=O) groups is 2. The zero-order chi connectivity index (χ0) is 17.6. The number of thiazole rings is 1. The molecule has 7 heteroatoms. The second-order valence-electron chi connectivity index (χ2n) is 5.38. The molecule has 0 atom stereocenters. The van der Waals surface area contributed by atoms with Crippen molar-refractivity contribution in [2.75, 3.05) is 11.1 Å². The number of anilines is 1. The summed E-state index contributed by atoms with van der Waals surface area (Å²) in [5.41, 5.74) is 2.65. The number of carbonyl (C=O) groups excluding carboxylic acids is 2. The molecule has 0 aliphatic carbocycles. The second-order valence-corrected chi connectivity index (χ2v) is 8.41. The van der Waals surface area contributed by atoms with Crippen molar-refractivity contribution in [2.24, 2.45) is 0 Å². The van der Waals surface area contributed by atoms with E-state index < -0.39 is 0 Å². The molecule has 0 saturated heterocycles. The first-order valence-corrected chi connectivity index (χ1v) is 10.3. The standard InChI is InChI=1S/C18H16N2O2S3/c1-12-4-6-13(7-5-12)19-17(22)9-14-10-24-18(20-14)25-11-15(21)16-3-2-8-23-16/h2-8,10H,9,11H2,1H3,(H,19,22). The fourth-order valence-electron chi connectivity index (χ4n) is 2.08. The Balaban J connectivity index is 1.50. The Labute approximate surface area is 158 Å². The van der Waals surface area contributed by atoms with Crippen LogP contribution in [-0.2, 0) is 11.2 Å². The Hall–Kier alpha value is -1.96. The smallest absolute Gasteiger partial charge is 0.230 e. The molecular formula is C18H16N2O2S3. The van der Waals surface area contributed by atoms with Crippen LogP contribution in [0.5, 0.6) is 0 Å².